The molecule has 0 atom stereocenters. The van der Waals surface area contributed by atoms with E-state index in [-0.39, 0.29) is 12.1 Å². The largest absolute Gasteiger partial charge is 0.497 e. The van der Waals surface area contributed by atoms with E-state index in [9.17, 15) is 4.79 Å². The van der Waals surface area contributed by atoms with E-state index >= 15 is 0 Å². The van der Waals surface area contributed by atoms with Crippen LogP contribution in [-0.2, 0) is 6.54 Å². The van der Waals surface area contributed by atoms with Gasteiger partial charge in [-0.25, -0.2) is 4.68 Å². The van der Waals surface area contributed by atoms with Gasteiger partial charge in [-0.2, -0.15) is 10.1 Å². The molecule has 0 aliphatic heterocycles. The molecule has 4 aromatic rings. The molecule has 2 aromatic heterocycles. The average molecular weight is 404 g/mol. The quantitative estimate of drug-likeness (QED) is 0.466. The lowest BCUT2D eigenvalue weighted by molar-refractivity contribution is 0.340. The van der Waals surface area contributed by atoms with Gasteiger partial charge in [0.25, 0.3) is 5.56 Å². The predicted octanol–water partition coefficient (Wildman–Crippen LogP) is 3.42. The zero-order chi connectivity index (χ0) is 20.9. The topological polar surface area (TPSA) is 92.3 Å². The maximum Gasteiger partial charge on any atom is 0.267 e. The number of hydrogen-bond donors (Lipinski definition) is 0. The Morgan fingerprint density at radius 2 is 1.63 bits per heavy atom. The van der Waals surface area contributed by atoms with Crippen LogP contribution in [0.25, 0.3) is 22.6 Å². The van der Waals surface area contributed by atoms with Gasteiger partial charge in [0.2, 0.25) is 11.7 Å². The van der Waals surface area contributed by atoms with Crippen molar-refractivity contribution in [2.45, 2.75) is 13.5 Å². The second kappa shape index (κ2) is 8.60. The Morgan fingerprint density at radius 3 is 2.33 bits per heavy atom. The molecule has 152 valence electrons. The van der Waals surface area contributed by atoms with Crippen molar-refractivity contribution in [3.05, 3.63) is 76.9 Å². The van der Waals surface area contributed by atoms with Crippen molar-refractivity contribution >= 4 is 0 Å². The minimum absolute atomic E-state index is 0.0762. The zero-order valence-electron chi connectivity index (χ0n) is 16.6. The number of benzene rings is 2. The van der Waals surface area contributed by atoms with E-state index in [1.807, 2.05) is 55.5 Å². The van der Waals surface area contributed by atoms with Gasteiger partial charge in [-0.1, -0.05) is 5.16 Å². The first-order valence-electron chi connectivity index (χ1n) is 9.44. The van der Waals surface area contributed by atoms with E-state index in [1.165, 1.54) is 10.7 Å². The summed E-state index contributed by atoms with van der Waals surface area (Å²) in [5.41, 5.74) is 2.06. The first-order valence-corrected chi connectivity index (χ1v) is 9.44. The zero-order valence-corrected chi connectivity index (χ0v) is 16.6. The number of methoxy groups -OCH3 is 1. The summed E-state index contributed by atoms with van der Waals surface area (Å²) < 4.78 is 17.2. The van der Waals surface area contributed by atoms with E-state index < -0.39 is 0 Å². The van der Waals surface area contributed by atoms with E-state index in [1.54, 1.807) is 13.2 Å². The Balaban J connectivity index is 1.55. The highest BCUT2D eigenvalue weighted by Crippen LogP contribution is 2.21. The SMILES string of the molecule is CCOc1ccc(-c2ccc(=O)n(Cc3nc(-c4ccc(OC)cc4)no3)n2)cc1. The summed E-state index contributed by atoms with van der Waals surface area (Å²) in [7, 11) is 1.60. The highest BCUT2D eigenvalue weighted by atomic mass is 16.5. The Labute approximate surface area is 172 Å². The molecule has 0 saturated heterocycles. The van der Waals surface area contributed by atoms with Crippen LogP contribution in [0.2, 0.25) is 0 Å². The number of hydrogen-bond acceptors (Lipinski definition) is 7. The van der Waals surface area contributed by atoms with E-state index in [4.69, 9.17) is 14.0 Å². The lowest BCUT2D eigenvalue weighted by Gasteiger charge is -2.07. The first kappa shape index (κ1) is 19.4. The van der Waals surface area contributed by atoms with Gasteiger partial charge in [0.1, 0.15) is 18.0 Å². The van der Waals surface area contributed by atoms with Gasteiger partial charge in [-0.15, -0.1) is 0 Å². The fourth-order valence-corrected chi connectivity index (χ4v) is 2.91. The van der Waals surface area contributed by atoms with Crippen LogP contribution in [0.5, 0.6) is 11.5 Å². The molecule has 8 nitrogen and oxygen atoms in total. The standard InChI is InChI=1S/C22H20N4O4/c1-3-29-18-10-4-15(5-11-18)19-12-13-21(27)26(24-19)14-20-23-22(25-30-20)16-6-8-17(28-2)9-7-16/h4-13H,3,14H2,1-2H3. The molecule has 0 aliphatic carbocycles. The fourth-order valence-electron chi connectivity index (χ4n) is 2.91. The van der Waals surface area contributed by atoms with Crippen molar-refractivity contribution in [3.8, 4) is 34.1 Å². The maximum absolute atomic E-state index is 12.3. The summed E-state index contributed by atoms with van der Waals surface area (Å²) in [6.45, 7) is 2.61. The average Bonchev–Trinajstić information content (AvgIpc) is 3.25. The predicted molar refractivity (Wildman–Crippen MR) is 110 cm³/mol. The molecular formula is C22H20N4O4. The molecule has 0 amide bonds. The van der Waals surface area contributed by atoms with Crippen LogP contribution < -0.4 is 15.0 Å². The van der Waals surface area contributed by atoms with Gasteiger partial charge in [-0.05, 0) is 61.5 Å². The van der Waals surface area contributed by atoms with Gasteiger partial charge < -0.3 is 14.0 Å². The van der Waals surface area contributed by atoms with E-state index in [0.29, 0.717) is 24.0 Å². The van der Waals surface area contributed by atoms with Crippen LogP contribution >= 0.6 is 0 Å². The fraction of sp³-hybridized carbons (Fsp3) is 0.182. The minimum Gasteiger partial charge on any atom is -0.497 e. The molecule has 0 unspecified atom stereocenters. The van der Waals surface area contributed by atoms with Crippen LogP contribution in [0.3, 0.4) is 0 Å². The van der Waals surface area contributed by atoms with Crippen LogP contribution in [0.15, 0.2) is 70.0 Å². The van der Waals surface area contributed by atoms with Gasteiger partial charge in [0.05, 0.1) is 19.4 Å². The first-order chi connectivity index (χ1) is 14.7. The summed E-state index contributed by atoms with van der Waals surface area (Å²) in [6.07, 6.45) is 0. The highest BCUT2D eigenvalue weighted by Gasteiger charge is 2.12. The van der Waals surface area contributed by atoms with Crippen LogP contribution in [-0.4, -0.2) is 33.6 Å². The minimum atomic E-state index is -0.256. The van der Waals surface area contributed by atoms with Gasteiger partial charge >= 0.3 is 0 Å². The van der Waals surface area contributed by atoms with Gasteiger partial charge in [0, 0.05) is 17.2 Å². The smallest absolute Gasteiger partial charge is 0.267 e. The van der Waals surface area contributed by atoms with Crippen LogP contribution in [0.4, 0.5) is 0 Å². The lowest BCUT2D eigenvalue weighted by atomic mass is 10.1. The summed E-state index contributed by atoms with van der Waals surface area (Å²) in [4.78, 5) is 16.6. The third-order valence-corrected chi connectivity index (χ3v) is 4.43. The van der Waals surface area contributed by atoms with Crippen molar-refractivity contribution in [2.24, 2.45) is 0 Å². The van der Waals surface area contributed by atoms with Gasteiger partial charge in [0.15, 0.2) is 0 Å². The van der Waals surface area contributed by atoms with Crippen LogP contribution in [0, 0.1) is 0 Å². The van der Waals surface area contributed by atoms with Crippen molar-refractivity contribution < 1.29 is 14.0 Å². The number of ether oxygens (including phenoxy) is 2. The number of aromatic nitrogens is 4. The van der Waals surface area contributed by atoms with Crippen molar-refractivity contribution in [1.82, 2.24) is 19.9 Å². The Morgan fingerprint density at radius 1 is 0.933 bits per heavy atom. The number of rotatable bonds is 7. The summed E-state index contributed by atoms with van der Waals surface area (Å²) in [5, 5.41) is 8.43. The summed E-state index contributed by atoms with van der Waals surface area (Å²) in [6, 6.07) is 18.0. The molecule has 0 aliphatic rings. The Kier molecular flexibility index (Phi) is 5.56. The maximum atomic E-state index is 12.3. The van der Waals surface area contributed by atoms with E-state index in [2.05, 4.69) is 15.2 Å². The Bertz CT molecular complexity index is 1180. The molecule has 8 heteroatoms. The highest BCUT2D eigenvalue weighted by molar-refractivity contribution is 5.59. The molecule has 0 fully saturated rings. The molecule has 2 heterocycles. The van der Waals surface area contributed by atoms with Crippen LogP contribution in [0.1, 0.15) is 12.8 Å². The lowest BCUT2D eigenvalue weighted by Crippen LogP contribution is -2.23. The molecular weight excluding hydrogens is 384 g/mol. The van der Waals surface area contributed by atoms with Gasteiger partial charge in [-0.3, -0.25) is 4.79 Å². The molecule has 0 spiro atoms. The Hall–Kier alpha value is -3.94. The van der Waals surface area contributed by atoms with Crippen molar-refractivity contribution in [3.63, 3.8) is 0 Å². The van der Waals surface area contributed by atoms with E-state index in [0.717, 1.165) is 22.6 Å². The molecule has 2 aromatic carbocycles. The molecule has 0 bridgehead atoms. The molecule has 0 N–H and O–H groups in total. The summed E-state index contributed by atoms with van der Waals surface area (Å²) in [5.74, 6) is 2.25. The second-order valence-electron chi connectivity index (χ2n) is 6.41. The number of nitrogens with zero attached hydrogens (tertiary/aromatic N) is 4. The third kappa shape index (κ3) is 4.22. The normalized spacial score (nSPS) is 10.7. The summed E-state index contributed by atoms with van der Waals surface area (Å²) >= 11 is 0. The second-order valence-corrected chi connectivity index (χ2v) is 6.41. The molecule has 0 saturated carbocycles. The molecule has 4 rings (SSSR count). The van der Waals surface area contributed by atoms with Crippen molar-refractivity contribution in [2.75, 3.05) is 13.7 Å². The molecule has 0 radical (unpaired) electrons. The molecule has 30 heavy (non-hydrogen) atoms. The van der Waals surface area contributed by atoms with Crippen molar-refractivity contribution in [1.29, 1.82) is 0 Å². The monoisotopic (exact) mass is 404 g/mol. The third-order valence-electron chi connectivity index (χ3n) is 4.43.